The van der Waals surface area contributed by atoms with Crippen LogP contribution in [0, 0.1) is 0 Å². The van der Waals surface area contributed by atoms with Crippen LogP contribution in [0.25, 0.3) is 33.4 Å². The average molecular weight is 477 g/mol. The van der Waals surface area contributed by atoms with Crippen molar-refractivity contribution in [3.63, 3.8) is 0 Å². The number of carbonyl (C=O) groups is 1. The minimum Gasteiger partial charge on any atom is -0.507 e. The Kier molecular flexibility index (Phi) is 5.75. The maximum absolute atomic E-state index is 11.4. The molecule has 5 rings (SSSR count). The van der Waals surface area contributed by atoms with Crippen molar-refractivity contribution in [1.29, 1.82) is 0 Å². The minimum absolute atomic E-state index is 0.0978. The van der Waals surface area contributed by atoms with Crippen molar-refractivity contribution in [2.45, 2.75) is 51.4 Å². The molecule has 0 aromatic heterocycles. The van der Waals surface area contributed by atoms with Crippen molar-refractivity contribution >= 4 is 5.97 Å². The molecule has 0 fully saturated rings. The van der Waals surface area contributed by atoms with E-state index in [1.54, 1.807) is 6.07 Å². The quantitative estimate of drug-likeness (QED) is 0.311. The fraction of sp³-hybridized carbons (Fsp3) is 0.242. The van der Waals surface area contributed by atoms with Crippen LogP contribution in [0.15, 0.2) is 84.9 Å². The van der Waals surface area contributed by atoms with E-state index in [1.807, 2.05) is 24.3 Å². The summed E-state index contributed by atoms with van der Waals surface area (Å²) in [7, 11) is 0. The third kappa shape index (κ3) is 4.19. The molecule has 0 aliphatic heterocycles. The third-order valence-corrected chi connectivity index (χ3v) is 7.83. The van der Waals surface area contributed by atoms with Gasteiger partial charge in [-0.3, -0.25) is 0 Å². The molecule has 0 heterocycles. The van der Waals surface area contributed by atoms with Crippen LogP contribution >= 0.6 is 0 Å². The van der Waals surface area contributed by atoms with Crippen LogP contribution in [0.3, 0.4) is 0 Å². The van der Waals surface area contributed by atoms with Crippen molar-refractivity contribution < 1.29 is 15.0 Å². The Bertz CT molecular complexity index is 1460. The lowest BCUT2D eigenvalue weighted by Gasteiger charge is -2.42. The Morgan fingerprint density at radius 3 is 1.92 bits per heavy atom. The van der Waals surface area contributed by atoms with Gasteiger partial charge in [0, 0.05) is 0 Å². The molecule has 4 aromatic carbocycles. The molecule has 1 aliphatic carbocycles. The third-order valence-electron chi connectivity index (χ3n) is 7.83. The van der Waals surface area contributed by atoms with Gasteiger partial charge in [-0.15, -0.1) is 0 Å². The molecule has 36 heavy (non-hydrogen) atoms. The van der Waals surface area contributed by atoms with E-state index < -0.39 is 5.97 Å². The van der Waals surface area contributed by atoms with Crippen molar-refractivity contribution in [3.8, 4) is 39.1 Å². The van der Waals surface area contributed by atoms with Gasteiger partial charge in [0.05, 0.1) is 0 Å². The van der Waals surface area contributed by atoms with Crippen LogP contribution in [0.5, 0.6) is 5.75 Å². The fourth-order valence-corrected chi connectivity index (χ4v) is 5.48. The Hall–Kier alpha value is -3.85. The van der Waals surface area contributed by atoms with E-state index in [4.69, 9.17) is 0 Å². The number of hydrogen-bond donors (Lipinski definition) is 2. The molecule has 3 nitrogen and oxygen atoms in total. The minimum atomic E-state index is -1.14. The summed E-state index contributed by atoms with van der Waals surface area (Å²) in [6.07, 6.45) is 2.32. The highest BCUT2D eigenvalue weighted by molar-refractivity contribution is 5.92. The number of aromatic carboxylic acids is 1. The van der Waals surface area contributed by atoms with Crippen molar-refractivity contribution in [2.24, 2.45) is 0 Å². The summed E-state index contributed by atoms with van der Waals surface area (Å²) < 4.78 is 0. The summed E-state index contributed by atoms with van der Waals surface area (Å²) in [6, 6.07) is 28.3. The van der Waals surface area contributed by atoms with Crippen LogP contribution in [-0.2, 0) is 10.8 Å². The Balaban J connectivity index is 1.71. The molecule has 2 N–H and O–H groups in total. The van der Waals surface area contributed by atoms with Crippen molar-refractivity contribution in [2.75, 3.05) is 0 Å². The van der Waals surface area contributed by atoms with Gasteiger partial charge in [0.15, 0.2) is 0 Å². The Morgan fingerprint density at radius 2 is 1.25 bits per heavy atom. The van der Waals surface area contributed by atoms with E-state index in [2.05, 4.69) is 70.2 Å². The topological polar surface area (TPSA) is 57.5 Å². The first-order valence-electron chi connectivity index (χ1n) is 12.5. The fourth-order valence-electron chi connectivity index (χ4n) is 5.48. The number of rotatable bonds is 4. The molecule has 0 saturated heterocycles. The van der Waals surface area contributed by atoms with Gasteiger partial charge in [0.25, 0.3) is 0 Å². The molecule has 0 atom stereocenters. The lowest BCUT2D eigenvalue weighted by atomic mass is 9.63. The van der Waals surface area contributed by atoms with Crippen LogP contribution in [0.2, 0.25) is 0 Å². The number of fused-ring (bicyclic) bond motifs is 1. The zero-order valence-electron chi connectivity index (χ0n) is 21.3. The summed E-state index contributed by atoms with van der Waals surface area (Å²) in [4.78, 5) is 11.4. The largest absolute Gasteiger partial charge is 0.507 e. The molecule has 0 spiro atoms. The molecule has 3 heteroatoms. The number of phenols is 1. The van der Waals surface area contributed by atoms with E-state index in [1.165, 1.54) is 29.7 Å². The second-order valence-corrected chi connectivity index (χ2v) is 11.2. The Morgan fingerprint density at radius 1 is 0.639 bits per heavy atom. The standard InChI is InChI=1S/C33H32O3/c1-32(2)16-17-33(3,4)29-19-24(12-15-28(29)32)27-18-22(10-13-25(27)21-8-6-5-7-9-21)23-11-14-26(31(35)36)30(34)20-23/h5-15,18-20,34H,16-17H2,1-4H3,(H,35,36). The lowest BCUT2D eigenvalue weighted by Crippen LogP contribution is -2.33. The maximum atomic E-state index is 11.4. The first kappa shape index (κ1) is 23.9. The molecule has 1 aliphatic rings. The van der Waals surface area contributed by atoms with Gasteiger partial charge >= 0.3 is 5.97 Å². The second kappa shape index (κ2) is 8.67. The number of carboxylic acids is 1. The van der Waals surface area contributed by atoms with Crippen LogP contribution in [-0.4, -0.2) is 16.2 Å². The van der Waals surface area contributed by atoms with Crippen LogP contribution in [0.1, 0.15) is 62.0 Å². The SMILES string of the molecule is CC1(C)CCC(C)(C)c2cc(-c3cc(-c4ccc(C(=O)O)c(O)c4)ccc3-c3ccccc3)ccc21. The Labute approximate surface area is 213 Å². The van der Waals surface area contributed by atoms with Gasteiger partial charge in [-0.1, -0.05) is 94.4 Å². The van der Waals surface area contributed by atoms with E-state index in [-0.39, 0.29) is 22.1 Å². The van der Waals surface area contributed by atoms with E-state index in [0.717, 1.165) is 39.8 Å². The normalized spacial score (nSPS) is 15.8. The molecule has 4 aromatic rings. The highest BCUT2D eigenvalue weighted by Gasteiger charge is 2.37. The summed E-state index contributed by atoms with van der Waals surface area (Å²) in [5.74, 6) is -1.37. The number of benzene rings is 4. The van der Waals surface area contributed by atoms with Gasteiger partial charge in [-0.05, 0) is 86.4 Å². The molecule has 0 amide bonds. The first-order chi connectivity index (χ1) is 17.1. The monoisotopic (exact) mass is 476 g/mol. The van der Waals surface area contributed by atoms with Gasteiger partial charge in [-0.2, -0.15) is 0 Å². The smallest absolute Gasteiger partial charge is 0.339 e. The molecule has 182 valence electrons. The lowest BCUT2D eigenvalue weighted by molar-refractivity contribution is 0.0693. The van der Waals surface area contributed by atoms with Crippen LogP contribution in [0.4, 0.5) is 0 Å². The molecule has 0 radical (unpaired) electrons. The number of aromatic hydroxyl groups is 1. The van der Waals surface area contributed by atoms with Crippen molar-refractivity contribution in [1.82, 2.24) is 0 Å². The van der Waals surface area contributed by atoms with E-state index in [9.17, 15) is 15.0 Å². The highest BCUT2D eigenvalue weighted by Crippen LogP contribution is 2.47. The van der Waals surface area contributed by atoms with E-state index in [0.29, 0.717) is 0 Å². The maximum Gasteiger partial charge on any atom is 0.339 e. The molecular formula is C33H32O3. The van der Waals surface area contributed by atoms with Gasteiger partial charge in [-0.25, -0.2) is 4.79 Å². The molecular weight excluding hydrogens is 444 g/mol. The highest BCUT2D eigenvalue weighted by atomic mass is 16.4. The van der Waals surface area contributed by atoms with E-state index >= 15 is 0 Å². The summed E-state index contributed by atoms with van der Waals surface area (Å²) in [6.45, 7) is 9.35. The van der Waals surface area contributed by atoms with Crippen molar-refractivity contribution in [3.05, 3.63) is 102 Å². The first-order valence-corrected chi connectivity index (χ1v) is 12.5. The predicted molar refractivity (Wildman–Crippen MR) is 147 cm³/mol. The zero-order valence-corrected chi connectivity index (χ0v) is 21.3. The number of carboxylic acid groups (broad SMARTS) is 1. The zero-order chi connectivity index (χ0) is 25.7. The molecule has 0 bridgehead atoms. The predicted octanol–water partition coefficient (Wildman–Crippen LogP) is 8.44. The van der Waals surface area contributed by atoms with Gasteiger partial charge in [0.2, 0.25) is 0 Å². The molecule has 0 saturated carbocycles. The second-order valence-electron chi connectivity index (χ2n) is 11.2. The van der Waals surface area contributed by atoms with Crippen LogP contribution < -0.4 is 0 Å². The van der Waals surface area contributed by atoms with Gasteiger partial charge < -0.3 is 10.2 Å². The summed E-state index contributed by atoms with van der Waals surface area (Å²) in [5, 5.41) is 19.6. The average Bonchev–Trinajstić information content (AvgIpc) is 2.86. The van der Waals surface area contributed by atoms with Gasteiger partial charge in [0.1, 0.15) is 11.3 Å². The summed E-state index contributed by atoms with van der Waals surface area (Å²) >= 11 is 0. The summed E-state index contributed by atoms with van der Waals surface area (Å²) in [5.41, 5.74) is 9.23. The molecule has 0 unspecified atom stereocenters. The number of hydrogen-bond acceptors (Lipinski definition) is 2.